The van der Waals surface area contributed by atoms with Crippen molar-refractivity contribution in [2.75, 3.05) is 18.9 Å². The van der Waals surface area contributed by atoms with Crippen molar-refractivity contribution < 1.29 is 8.42 Å². The van der Waals surface area contributed by atoms with Crippen LogP contribution >= 0.6 is 11.3 Å². The molecule has 2 heterocycles. The highest BCUT2D eigenvalue weighted by Crippen LogP contribution is 2.25. The minimum absolute atomic E-state index is 0.176. The Morgan fingerprint density at radius 3 is 2.84 bits per heavy atom. The fourth-order valence-corrected chi connectivity index (χ4v) is 3.84. The summed E-state index contributed by atoms with van der Waals surface area (Å²) in [6.45, 7) is 4.55. The zero-order chi connectivity index (χ0) is 14.0. The van der Waals surface area contributed by atoms with E-state index in [1.807, 2.05) is 5.38 Å². The van der Waals surface area contributed by atoms with Crippen molar-refractivity contribution in [1.82, 2.24) is 14.1 Å². The molecule has 0 atom stereocenters. The lowest BCUT2D eigenvalue weighted by Crippen LogP contribution is -2.27. The molecule has 0 aliphatic carbocycles. The Bertz CT molecular complexity index is 657. The number of aromatic nitrogens is 2. The molecule has 0 saturated carbocycles. The quantitative estimate of drug-likeness (QED) is 0.852. The second-order valence-electron chi connectivity index (χ2n) is 4.65. The average Bonchev–Trinajstić information content (AvgIpc) is 2.86. The molecule has 0 saturated heterocycles. The van der Waals surface area contributed by atoms with E-state index in [-0.39, 0.29) is 5.03 Å². The molecule has 0 bridgehead atoms. The molecule has 8 heteroatoms. The maximum absolute atomic E-state index is 12.4. The maximum Gasteiger partial charge on any atom is 0.260 e. The summed E-state index contributed by atoms with van der Waals surface area (Å²) >= 11 is 1.40. The van der Waals surface area contributed by atoms with Gasteiger partial charge in [0, 0.05) is 25.2 Å². The zero-order valence-electron chi connectivity index (χ0n) is 11.2. The summed E-state index contributed by atoms with van der Waals surface area (Å²) in [7, 11) is -1.89. The monoisotopic (exact) mass is 302 g/mol. The Hall–Kier alpha value is -1.12. The van der Waals surface area contributed by atoms with Crippen LogP contribution in [-0.2, 0) is 10.0 Å². The largest absolute Gasteiger partial charge is 0.371 e. The van der Waals surface area contributed by atoms with Gasteiger partial charge in [0.25, 0.3) is 10.0 Å². The Kier molecular flexibility index (Phi) is 4.12. The standard InChI is InChI=1S/C11H18N4O2S2/c1-8(2)4-5-13-19(16,17)10-9(12-3)14-11-15(10)6-7-18-11/h6-8,12-13H,4-5H2,1-3H3. The molecule has 0 unspecified atom stereocenters. The lowest BCUT2D eigenvalue weighted by atomic mass is 10.1. The normalized spacial score (nSPS) is 12.4. The third-order valence-electron chi connectivity index (χ3n) is 2.72. The van der Waals surface area contributed by atoms with E-state index in [0.29, 0.717) is 23.2 Å². The van der Waals surface area contributed by atoms with Gasteiger partial charge < -0.3 is 5.32 Å². The van der Waals surface area contributed by atoms with Crippen LogP contribution in [0.4, 0.5) is 5.82 Å². The first kappa shape index (κ1) is 14.3. The van der Waals surface area contributed by atoms with Gasteiger partial charge in [-0.2, -0.15) is 0 Å². The van der Waals surface area contributed by atoms with Crippen molar-refractivity contribution in [2.24, 2.45) is 5.92 Å². The van der Waals surface area contributed by atoms with Gasteiger partial charge in [0.15, 0.2) is 15.8 Å². The summed E-state index contributed by atoms with van der Waals surface area (Å²) < 4.78 is 28.9. The van der Waals surface area contributed by atoms with E-state index in [1.54, 1.807) is 17.6 Å². The topological polar surface area (TPSA) is 75.5 Å². The minimum Gasteiger partial charge on any atom is -0.371 e. The third-order valence-corrected chi connectivity index (χ3v) is 4.96. The van der Waals surface area contributed by atoms with Crippen LogP contribution in [-0.4, -0.2) is 31.4 Å². The van der Waals surface area contributed by atoms with Crippen LogP contribution < -0.4 is 10.0 Å². The van der Waals surface area contributed by atoms with Crippen molar-refractivity contribution in [2.45, 2.75) is 25.3 Å². The van der Waals surface area contributed by atoms with Gasteiger partial charge in [-0.25, -0.2) is 18.1 Å². The van der Waals surface area contributed by atoms with Crippen molar-refractivity contribution in [1.29, 1.82) is 0 Å². The lowest BCUT2D eigenvalue weighted by Gasteiger charge is -2.08. The molecule has 0 spiro atoms. The second kappa shape index (κ2) is 5.48. The van der Waals surface area contributed by atoms with Gasteiger partial charge in [-0.05, 0) is 12.3 Å². The number of nitrogens with zero attached hydrogens (tertiary/aromatic N) is 2. The van der Waals surface area contributed by atoms with Gasteiger partial charge in [0.1, 0.15) is 0 Å². The van der Waals surface area contributed by atoms with E-state index in [0.717, 1.165) is 6.42 Å². The molecule has 2 rings (SSSR count). The number of anilines is 1. The smallest absolute Gasteiger partial charge is 0.260 e. The van der Waals surface area contributed by atoms with E-state index in [9.17, 15) is 8.42 Å². The summed E-state index contributed by atoms with van der Waals surface area (Å²) in [4.78, 5) is 4.91. The van der Waals surface area contributed by atoms with Crippen LogP contribution in [0, 0.1) is 5.92 Å². The van der Waals surface area contributed by atoms with E-state index in [2.05, 4.69) is 28.9 Å². The molecule has 2 aromatic heterocycles. The minimum atomic E-state index is -3.56. The first-order valence-corrected chi connectivity index (χ1v) is 8.45. The Morgan fingerprint density at radius 1 is 1.47 bits per heavy atom. The Morgan fingerprint density at radius 2 is 2.21 bits per heavy atom. The second-order valence-corrected chi connectivity index (χ2v) is 7.21. The van der Waals surface area contributed by atoms with Crippen molar-refractivity contribution in [3.05, 3.63) is 11.6 Å². The molecule has 0 fully saturated rings. The summed E-state index contributed by atoms with van der Waals surface area (Å²) in [5, 5.41) is 4.82. The molecule has 2 N–H and O–H groups in total. The van der Waals surface area contributed by atoms with Crippen LogP contribution in [0.5, 0.6) is 0 Å². The van der Waals surface area contributed by atoms with Crippen LogP contribution in [0.15, 0.2) is 16.6 Å². The highest BCUT2D eigenvalue weighted by Gasteiger charge is 2.24. The van der Waals surface area contributed by atoms with Crippen molar-refractivity contribution in [3.8, 4) is 0 Å². The van der Waals surface area contributed by atoms with Crippen molar-refractivity contribution >= 4 is 32.1 Å². The van der Waals surface area contributed by atoms with Crippen LogP contribution in [0.25, 0.3) is 4.96 Å². The maximum atomic E-state index is 12.4. The molecular formula is C11H18N4O2S2. The molecule has 106 valence electrons. The molecule has 2 aromatic rings. The number of sulfonamides is 1. The first-order chi connectivity index (χ1) is 8.95. The van der Waals surface area contributed by atoms with E-state index in [4.69, 9.17) is 0 Å². The summed E-state index contributed by atoms with van der Waals surface area (Å²) in [5.74, 6) is 0.835. The zero-order valence-corrected chi connectivity index (χ0v) is 12.8. The third kappa shape index (κ3) is 2.90. The number of rotatable bonds is 6. The predicted molar refractivity (Wildman–Crippen MR) is 77.3 cm³/mol. The molecular weight excluding hydrogens is 284 g/mol. The Balaban J connectivity index is 2.33. The number of fused-ring (bicyclic) bond motifs is 1. The number of nitrogens with one attached hydrogen (secondary N) is 2. The van der Waals surface area contributed by atoms with E-state index in [1.165, 1.54) is 11.3 Å². The molecule has 6 nitrogen and oxygen atoms in total. The predicted octanol–water partition coefficient (Wildman–Crippen LogP) is 1.76. The number of thiazole rings is 1. The summed E-state index contributed by atoms with van der Waals surface area (Å²) in [6.07, 6.45) is 2.52. The molecule has 0 radical (unpaired) electrons. The van der Waals surface area contributed by atoms with Gasteiger partial charge in [0.05, 0.1) is 0 Å². The lowest BCUT2D eigenvalue weighted by molar-refractivity contribution is 0.549. The number of hydrogen-bond donors (Lipinski definition) is 2. The van der Waals surface area contributed by atoms with Crippen molar-refractivity contribution in [3.63, 3.8) is 0 Å². The highest BCUT2D eigenvalue weighted by molar-refractivity contribution is 7.89. The van der Waals surface area contributed by atoms with E-state index < -0.39 is 10.0 Å². The van der Waals surface area contributed by atoms with Gasteiger partial charge >= 0.3 is 0 Å². The fraction of sp³-hybridized carbons (Fsp3) is 0.545. The summed E-state index contributed by atoms with van der Waals surface area (Å²) in [6, 6.07) is 0. The molecule has 0 aliphatic heterocycles. The van der Waals surface area contributed by atoms with Gasteiger partial charge in [-0.1, -0.05) is 13.8 Å². The van der Waals surface area contributed by atoms with Crippen LogP contribution in [0.1, 0.15) is 20.3 Å². The highest BCUT2D eigenvalue weighted by atomic mass is 32.2. The average molecular weight is 302 g/mol. The number of hydrogen-bond acceptors (Lipinski definition) is 5. The number of imidazole rings is 1. The van der Waals surface area contributed by atoms with E-state index >= 15 is 0 Å². The first-order valence-electron chi connectivity index (χ1n) is 6.08. The summed E-state index contributed by atoms with van der Waals surface area (Å²) in [5.41, 5.74) is 0. The molecule has 19 heavy (non-hydrogen) atoms. The SMILES string of the molecule is CNc1nc2sccn2c1S(=O)(=O)NCCC(C)C. The molecule has 0 aliphatic rings. The van der Waals surface area contributed by atoms with Crippen LogP contribution in [0.3, 0.4) is 0 Å². The van der Waals surface area contributed by atoms with Gasteiger partial charge in [-0.3, -0.25) is 4.40 Å². The Labute approximate surface area is 116 Å². The van der Waals surface area contributed by atoms with Gasteiger partial charge in [0.2, 0.25) is 0 Å². The molecule has 0 aromatic carbocycles. The van der Waals surface area contributed by atoms with Crippen LogP contribution in [0.2, 0.25) is 0 Å². The van der Waals surface area contributed by atoms with Gasteiger partial charge in [-0.15, -0.1) is 11.3 Å². The molecule has 0 amide bonds. The fourth-order valence-electron chi connectivity index (χ4n) is 1.73.